The highest BCUT2D eigenvalue weighted by atomic mass is 32.2. The molecule has 0 spiro atoms. The molecule has 0 N–H and O–H groups in total. The molecule has 0 aromatic heterocycles. The van der Waals surface area contributed by atoms with Gasteiger partial charge in [-0.05, 0) is 47.2 Å². The lowest BCUT2D eigenvalue weighted by atomic mass is 10.1. The van der Waals surface area contributed by atoms with Crippen molar-refractivity contribution in [2.45, 2.75) is 4.90 Å². The van der Waals surface area contributed by atoms with Gasteiger partial charge in [0.15, 0.2) is 0 Å². The minimum atomic E-state index is -3.59. The summed E-state index contributed by atoms with van der Waals surface area (Å²) in [5.74, 6) is -0.0666. The van der Waals surface area contributed by atoms with Gasteiger partial charge in [-0.3, -0.25) is 4.79 Å². The lowest BCUT2D eigenvalue weighted by molar-refractivity contribution is 0.0698. The average molecular weight is 424 g/mol. The van der Waals surface area contributed by atoms with Crippen molar-refractivity contribution in [3.8, 4) is 0 Å². The summed E-state index contributed by atoms with van der Waals surface area (Å²) in [6.45, 7) is 1.33. The van der Waals surface area contributed by atoms with E-state index >= 15 is 0 Å². The minimum Gasteiger partial charge on any atom is -0.378 e. The number of anilines is 1. The molecule has 0 unspecified atom stereocenters. The van der Waals surface area contributed by atoms with Gasteiger partial charge < -0.3 is 9.80 Å². The first-order valence-corrected chi connectivity index (χ1v) is 11.4. The zero-order chi connectivity index (χ0) is 21.3. The Bertz CT molecular complexity index is 1170. The highest BCUT2D eigenvalue weighted by molar-refractivity contribution is 7.89. The number of sulfonamides is 1. The minimum absolute atomic E-state index is 0.0666. The van der Waals surface area contributed by atoms with Crippen LogP contribution in [-0.4, -0.2) is 63.8 Å². The third-order valence-corrected chi connectivity index (χ3v) is 7.41. The number of hydrogen-bond donors (Lipinski definition) is 0. The van der Waals surface area contributed by atoms with Crippen molar-refractivity contribution >= 4 is 32.4 Å². The fourth-order valence-electron chi connectivity index (χ4n) is 3.69. The number of benzene rings is 3. The predicted octanol–water partition coefficient (Wildman–Crippen LogP) is 3.05. The van der Waals surface area contributed by atoms with Crippen LogP contribution in [0.1, 0.15) is 10.4 Å². The molecule has 0 bridgehead atoms. The van der Waals surface area contributed by atoms with E-state index in [4.69, 9.17) is 0 Å². The third kappa shape index (κ3) is 3.91. The maximum Gasteiger partial charge on any atom is 0.253 e. The Hall–Kier alpha value is -2.90. The summed E-state index contributed by atoms with van der Waals surface area (Å²) in [4.78, 5) is 16.8. The van der Waals surface area contributed by atoms with Crippen molar-refractivity contribution in [3.05, 3.63) is 72.3 Å². The second-order valence-electron chi connectivity index (χ2n) is 7.65. The molecule has 4 rings (SSSR count). The monoisotopic (exact) mass is 423 g/mol. The molecule has 1 aliphatic rings. The van der Waals surface area contributed by atoms with Gasteiger partial charge in [-0.15, -0.1) is 0 Å². The Balaban J connectivity index is 1.45. The first-order chi connectivity index (χ1) is 14.4. The lowest BCUT2D eigenvalue weighted by Crippen LogP contribution is -2.50. The zero-order valence-corrected chi connectivity index (χ0v) is 18.0. The van der Waals surface area contributed by atoms with Crippen molar-refractivity contribution in [1.29, 1.82) is 0 Å². The molecule has 1 saturated heterocycles. The predicted molar refractivity (Wildman–Crippen MR) is 119 cm³/mol. The number of nitrogens with zero attached hydrogens (tertiary/aromatic N) is 3. The standard InChI is InChI=1S/C23H25N3O3S/c1-24(2)21-10-7-19(8-11-21)23(27)25-13-15-26(16-14-25)30(28,29)22-12-9-18-5-3-4-6-20(18)17-22/h3-12,17H,13-16H2,1-2H3. The Morgan fingerprint density at radius 1 is 0.833 bits per heavy atom. The molecule has 3 aromatic carbocycles. The summed E-state index contributed by atoms with van der Waals surface area (Å²) in [6, 6.07) is 20.4. The van der Waals surface area contributed by atoms with Crippen LogP contribution in [0.5, 0.6) is 0 Å². The molecule has 3 aromatic rings. The molecule has 0 saturated carbocycles. The summed E-state index contributed by atoms with van der Waals surface area (Å²) in [6.07, 6.45) is 0. The number of carbonyl (C=O) groups is 1. The van der Waals surface area contributed by atoms with Gasteiger partial charge in [0.05, 0.1) is 4.90 Å². The average Bonchev–Trinajstić information content (AvgIpc) is 2.78. The molecular formula is C23H25N3O3S. The van der Waals surface area contributed by atoms with E-state index in [-0.39, 0.29) is 19.0 Å². The molecule has 0 radical (unpaired) electrons. The summed E-state index contributed by atoms with van der Waals surface area (Å²) in [5.41, 5.74) is 1.64. The van der Waals surface area contributed by atoms with E-state index in [1.165, 1.54) is 4.31 Å². The van der Waals surface area contributed by atoms with Crippen LogP contribution in [0.2, 0.25) is 0 Å². The van der Waals surface area contributed by atoms with E-state index in [0.29, 0.717) is 23.5 Å². The number of carbonyl (C=O) groups excluding carboxylic acids is 1. The van der Waals surface area contributed by atoms with Crippen molar-refractivity contribution in [2.75, 3.05) is 45.2 Å². The maximum atomic E-state index is 13.1. The van der Waals surface area contributed by atoms with E-state index in [0.717, 1.165) is 16.5 Å². The zero-order valence-electron chi connectivity index (χ0n) is 17.2. The molecule has 1 aliphatic heterocycles. The third-order valence-electron chi connectivity index (χ3n) is 5.52. The van der Waals surface area contributed by atoms with Gasteiger partial charge in [-0.1, -0.05) is 30.3 Å². The van der Waals surface area contributed by atoms with Gasteiger partial charge in [0.1, 0.15) is 0 Å². The van der Waals surface area contributed by atoms with Crippen LogP contribution < -0.4 is 4.90 Å². The molecule has 7 heteroatoms. The van der Waals surface area contributed by atoms with Gasteiger partial charge in [0.2, 0.25) is 10.0 Å². The molecule has 6 nitrogen and oxygen atoms in total. The molecule has 0 atom stereocenters. The van der Waals surface area contributed by atoms with Gasteiger partial charge >= 0.3 is 0 Å². The number of hydrogen-bond acceptors (Lipinski definition) is 4. The summed E-state index contributed by atoms with van der Waals surface area (Å²) in [5, 5.41) is 1.90. The lowest BCUT2D eigenvalue weighted by Gasteiger charge is -2.34. The van der Waals surface area contributed by atoms with E-state index in [1.807, 2.05) is 73.6 Å². The van der Waals surface area contributed by atoms with Crippen molar-refractivity contribution in [3.63, 3.8) is 0 Å². The molecule has 1 heterocycles. The number of rotatable bonds is 4. The summed E-state index contributed by atoms with van der Waals surface area (Å²) >= 11 is 0. The van der Waals surface area contributed by atoms with Gasteiger partial charge in [0.25, 0.3) is 5.91 Å². The second-order valence-corrected chi connectivity index (χ2v) is 9.58. The fourth-order valence-corrected chi connectivity index (χ4v) is 5.15. The summed E-state index contributed by atoms with van der Waals surface area (Å²) < 4.78 is 27.7. The van der Waals surface area contributed by atoms with Crippen LogP contribution >= 0.6 is 0 Å². The number of amides is 1. The van der Waals surface area contributed by atoms with E-state index in [2.05, 4.69) is 0 Å². The first kappa shape index (κ1) is 20.4. The van der Waals surface area contributed by atoms with Crippen LogP contribution in [-0.2, 0) is 10.0 Å². The molecular weight excluding hydrogens is 398 g/mol. The largest absolute Gasteiger partial charge is 0.378 e. The molecule has 1 amide bonds. The molecule has 30 heavy (non-hydrogen) atoms. The van der Waals surface area contributed by atoms with Crippen LogP contribution in [0.25, 0.3) is 10.8 Å². The second kappa shape index (κ2) is 8.08. The van der Waals surface area contributed by atoms with Crippen molar-refractivity contribution < 1.29 is 13.2 Å². The molecule has 156 valence electrons. The highest BCUT2D eigenvalue weighted by Crippen LogP contribution is 2.23. The molecule has 0 aliphatic carbocycles. The van der Waals surface area contributed by atoms with E-state index < -0.39 is 10.0 Å². The Morgan fingerprint density at radius 2 is 1.47 bits per heavy atom. The number of fused-ring (bicyclic) bond motifs is 1. The quantitative estimate of drug-likeness (QED) is 0.647. The SMILES string of the molecule is CN(C)c1ccc(C(=O)N2CCN(S(=O)(=O)c3ccc4ccccc4c3)CC2)cc1. The maximum absolute atomic E-state index is 13.1. The van der Waals surface area contributed by atoms with Crippen LogP contribution in [0, 0.1) is 0 Å². The summed E-state index contributed by atoms with van der Waals surface area (Å²) in [7, 11) is 0.308. The van der Waals surface area contributed by atoms with Gasteiger partial charge in [0, 0.05) is 51.5 Å². The molecule has 1 fully saturated rings. The van der Waals surface area contributed by atoms with Crippen molar-refractivity contribution in [1.82, 2.24) is 9.21 Å². The van der Waals surface area contributed by atoms with E-state index in [1.54, 1.807) is 17.0 Å². The van der Waals surface area contributed by atoms with E-state index in [9.17, 15) is 13.2 Å². The normalized spacial score (nSPS) is 15.3. The fraction of sp³-hybridized carbons (Fsp3) is 0.261. The van der Waals surface area contributed by atoms with Crippen LogP contribution in [0.15, 0.2) is 71.6 Å². The highest BCUT2D eigenvalue weighted by Gasteiger charge is 2.30. The van der Waals surface area contributed by atoms with Crippen molar-refractivity contribution in [2.24, 2.45) is 0 Å². The Labute approximate surface area is 177 Å². The van der Waals surface area contributed by atoms with Gasteiger partial charge in [-0.25, -0.2) is 8.42 Å². The Morgan fingerprint density at radius 3 is 2.10 bits per heavy atom. The smallest absolute Gasteiger partial charge is 0.253 e. The van der Waals surface area contributed by atoms with Gasteiger partial charge in [-0.2, -0.15) is 4.31 Å². The van der Waals surface area contributed by atoms with Crippen LogP contribution in [0.4, 0.5) is 5.69 Å². The number of piperazine rings is 1. The topological polar surface area (TPSA) is 60.9 Å². The van der Waals surface area contributed by atoms with Crippen LogP contribution in [0.3, 0.4) is 0 Å². The Kier molecular flexibility index (Phi) is 5.49. The first-order valence-electron chi connectivity index (χ1n) is 9.92.